The van der Waals surface area contributed by atoms with Crippen molar-refractivity contribution in [3.05, 3.63) is 51.7 Å². The van der Waals surface area contributed by atoms with Gasteiger partial charge >= 0.3 is 0 Å². The van der Waals surface area contributed by atoms with Gasteiger partial charge in [-0.25, -0.2) is 4.98 Å². The minimum atomic E-state index is -0.447. The lowest BCUT2D eigenvalue weighted by Crippen LogP contribution is -2.16. The average Bonchev–Trinajstić information content (AvgIpc) is 2.39. The van der Waals surface area contributed by atoms with Crippen molar-refractivity contribution in [1.29, 1.82) is 0 Å². The molecular weight excluding hydrogens is 270 g/mol. The van der Waals surface area contributed by atoms with Gasteiger partial charge in [0.25, 0.3) is 11.5 Å². The fourth-order valence-corrected chi connectivity index (χ4v) is 1.66. The van der Waals surface area contributed by atoms with E-state index in [2.05, 4.69) is 15.3 Å². The second kappa shape index (κ2) is 5.53. The van der Waals surface area contributed by atoms with Gasteiger partial charge in [0.1, 0.15) is 11.4 Å². The Hall–Kier alpha value is -2.34. The number of halogens is 1. The van der Waals surface area contributed by atoms with E-state index in [1.54, 1.807) is 18.2 Å². The second-order valence-corrected chi connectivity index (χ2v) is 4.01. The SMILES string of the molecule is COc1ccc(NC(=O)c2c[nH]c(=O)cn2)cc1Cl. The first-order valence-electron chi connectivity index (χ1n) is 5.30. The molecule has 1 amide bonds. The second-order valence-electron chi connectivity index (χ2n) is 3.60. The third kappa shape index (κ3) is 3.11. The summed E-state index contributed by atoms with van der Waals surface area (Å²) in [5, 5.41) is 2.99. The van der Waals surface area contributed by atoms with Crippen molar-refractivity contribution in [2.75, 3.05) is 12.4 Å². The number of hydrogen-bond acceptors (Lipinski definition) is 4. The van der Waals surface area contributed by atoms with Gasteiger partial charge in [0.05, 0.1) is 18.3 Å². The van der Waals surface area contributed by atoms with Crippen molar-refractivity contribution in [3.63, 3.8) is 0 Å². The molecule has 6 nitrogen and oxygen atoms in total. The van der Waals surface area contributed by atoms with E-state index in [0.29, 0.717) is 16.5 Å². The van der Waals surface area contributed by atoms with E-state index in [0.717, 1.165) is 6.20 Å². The number of amides is 1. The quantitative estimate of drug-likeness (QED) is 0.895. The van der Waals surface area contributed by atoms with E-state index >= 15 is 0 Å². The van der Waals surface area contributed by atoms with E-state index in [9.17, 15) is 9.59 Å². The van der Waals surface area contributed by atoms with Gasteiger partial charge in [0.2, 0.25) is 0 Å². The predicted octanol–water partition coefficient (Wildman–Crippen LogP) is 1.68. The highest BCUT2D eigenvalue weighted by atomic mass is 35.5. The molecule has 0 saturated carbocycles. The van der Waals surface area contributed by atoms with Crippen LogP contribution in [0.15, 0.2) is 35.4 Å². The molecule has 0 unspecified atom stereocenters. The van der Waals surface area contributed by atoms with Crippen LogP contribution in [0.4, 0.5) is 5.69 Å². The number of anilines is 1. The van der Waals surface area contributed by atoms with Crippen LogP contribution in [0.25, 0.3) is 0 Å². The molecule has 1 aromatic heterocycles. The summed E-state index contributed by atoms with van der Waals surface area (Å²) in [5.41, 5.74) is 0.236. The molecule has 0 bridgehead atoms. The minimum absolute atomic E-state index is 0.103. The third-order valence-corrected chi connectivity index (χ3v) is 2.61. The number of H-pyrrole nitrogens is 1. The number of aromatic amines is 1. The largest absolute Gasteiger partial charge is 0.495 e. The van der Waals surface area contributed by atoms with E-state index in [1.165, 1.54) is 13.3 Å². The highest BCUT2D eigenvalue weighted by Crippen LogP contribution is 2.27. The zero-order valence-electron chi connectivity index (χ0n) is 9.94. The summed E-state index contributed by atoms with van der Waals surface area (Å²) in [6, 6.07) is 4.84. The first kappa shape index (κ1) is 13.1. The molecule has 2 rings (SSSR count). The number of nitrogens with zero attached hydrogens (tertiary/aromatic N) is 1. The summed E-state index contributed by atoms with van der Waals surface area (Å²) in [4.78, 5) is 28.7. The number of carbonyl (C=O) groups excluding carboxylic acids is 1. The fourth-order valence-electron chi connectivity index (χ4n) is 1.41. The Kier molecular flexibility index (Phi) is 3.82. The molecule has 0 spiro atoms. The van der Waals surface area contributed by atoms with Gasteiger partial charge in [-0.1, -0.05) is 11.6 Å². The summed E-state index contributed by atoms with van der Waals surface area (Å²) in [7, 11) is 1.50. The molecule has 1 aromatic carbocycles. The zero-order chi connectivity index (χ0) is 13.8. The van der Waals surface area contributed by atoms with Crippen LogP contribution >= 0.6 is 11.6 Å². The molecule has 0 aliphatic carbocycles. The molecule has 0 fully saturated rings. The lowest BCUT2D eigenvalue weighted by molar-refractivity contribution is 0.102. The summed E-state index contributed by atoms with van der Waals surface area (Å²) in [6.07, 6.45) is 2.28. The topological polar surface area (TPSA) is 84.1 Å². The van der Waals surface area contributed by atoms with E-state index < -0.39 is 5.91 Å². The molecule has 0 saturated heterocycles. The van der Waals surface area contributed by atoms with Crippen molar-refractivity contribution in [1.82, 2.24) is 9.97 Å². The van der Waals surface area contributed by atoms with E-state index in [4.69, 9.17) is 16.3 Å². The van der Waals surface area contributed by atoms with Gasteiger partial charge in [-0.05, 0) is 18.2 Å². The van der Waals surface area contributed by atoms with Crippen LogP contribution in [0.1, 0.15) is 10.5 Å². The molecule has 98 valence electrons. The molecule has 0 atom stereocenters. The first-order chi connectivity index (χ1) is 9.10. The molecule has 7 heteroatoms. The fraction of sp³-hybridized carbons (Fsp3) is 0.0833. The Balaban J connectivity index is 2.17. The van der Waals surface area contributed by atoms with Gasteiger partial charge < -0.3 is 15.0 Å². The van der Waals surface area contributed by atoms with E-state index in [1.807, 2.05) is 0 Å². The summed E-state index contributed by atoms with van der Waals surface area (Å²) < 4.78 is 5.01. The number of ether oxygens (including phenoxy) is 1. The van der Waals surface area contributed by atoms with Crippen LogP contribution in [-0.4, -0.2) is 23.0 Å². The van der Waals surface area contributed by atoms with Crippen molar-refractivity contribution in [2.45, 2.75) is 0 Å². The lowest BCUT2D eigenvalue weighted by Gasteiger charge is -2.07. The summed E-state index contributed by atoms with van der Waals surface area (Å²) in [6.45, 7) is 0. The number of benzene rings is 1. The number of nitrogens with one attached hydrogen (secondary N) is 2. The Labute approximate surface area is 113 Å². The molecule has 2 N–H and O–H groups in total. The Morgan fingerprint density at radius 2 is 2.26 bits per heavy atom. The van der Waals surface area contributed by atoms with Crippen molar-refractivity contribution < 1.29 is 9.53 Å². The van der Waals surface area contributed by atoms with Gasteiger partial charge in [-0.2, -0.15) is 0 Å². The van der Waals surface area contributed by atoms with Crippen molar-refractivity contribution in [2.24, 2.45) is 0 Å². The predicted molar refractivity (Wildman–Crippen MR) is 70.8 cm³/mol. The highest BCUT2D eigenvalue weighted by molar-refractivity contribution is 6.32. The van der Waals surface area contributed by atoms with Crippen LogP contribution in [0.2, 0.25) is 5.02 Å². The maximum Gasteiger partial charge on any atom is 0.275 e. The minimum Gasteiger partial charge on any atom is -0.495 e. The van der Waals surface area contributed by atoms with Crippen molar-refractivity contribution in [3.8, 4) is 5.75 Å². The molecule has 1 heterocycles. The Morgan fingerprint density at radius 3 is 2.84 bits per heavy atom. The summed E-state index contributed by atoms with van der Waals surface area (Å²) in [5.74, 6) is 0.0688. The van der Waals surface area contributed by atoms with Crippen LogP contribution in [-0.2, 0) is 0 Å². The van der Waals surface area contributed by atoms with Crippen LogP contribution < -0.4 is 15.6 Å². The molecule has 2 aromatic rings. The lowest BCUT2D eigenvalue weighted by atomic mass is 10.3. The Bertz CT molecular complexity index is 649. The van der Waals surface area contributed by atoms with Crippen LogP contribution in [0, 0.1) is 0 Å². The molecular formula is C12H10ClN3O3. The standard InChI is InChI=1S/C12H10ClN3O3/c1-19-10-3-2-7(4-8(10)13)16-12(18)9-5-15-11(17)6-14-9/h2-6H,1H3,(H,15,17)(H,16,18). The van der Waals surface area contributed by atoms with Gasteiger partial charge in [0.15, 0.2) is 0 Å². The number of methoxy groups -OCH3 is 1. The molecule has 19 heavy (non-hydrogen) atoms. The van der Waals surface area contributed by atoms with Gasteiger partial charge in [-0.3, -0.25) is 9.59 Å². The van der Waals surface area contributed by atoms with Gasteiger partial charge in [0, 0.05) is 11.9 Å². The number of aromatic nitrogens is 2. The zero-order valence-corrected chi connectivity index (χ0v) is 10.7. The maximum absolute atomic E-state index is 11.8. The number of hydrogen-bond donors (Lipinski definition) is 2. The maximum atomic E-state index is 11.8. The van der Waals surface area contributed by atoms with Crippen molar-refractivity contribution >= 4 is 23.2 Å². The number of carbonyl (C=O) groups is 1. The molecule has 0 aliphatic heterocycles. The first-order valence-corrected chi connectivity index (χ1v) is 5.67. The molecule has 0 aliphatic rings. The van der Waals surface area contributed by atoms with Crippen LogP contribution in [0.5, 0.6) is 5.75 Å². The Morgan fingerprint density at radius 1 is 1.47 bits per heavy atom. The third-order valence-electron chi connectivity index (χ3n) is 2.31. The normalized spacial score (nSPS) is 10.0. The smallest absolute Gasteiger partial charge is 0.275 e. The monoisotopic (exact) mass is 279 g/mol. The number of rotatable bonds is 3. The van der Waals surface area contributed by atoms with Crippen LogP contribution in [0.3, 0.4) is 0 Å². The summed E-state index contributed by atoms with van der Waals surface area (Å²) >= 11 is 5.94. The molecule has 0 radical (unpaired) electrons. The van der Waals surface area contributed by atoms with E-state index in [-0.39, 0.29) is 11.3 Å². The van der Waals surface area contributed by atoms with Gasteiger partial charge in [-0.15, -0.1) is 0 Å². The highest BCUT2D eigenvalue weighted by Gasteiger charge is 2.09. The average molecular weight is 280 g/mol.